The van der Waals surface area contributed by atoms with Gasteiger partial charge in [-0.3, -0.25) is 4.79 Å². The van der Waals surface area contributed by atoms with Crippen LogP contribution in [0, 0.1) is 0 Å². The lowest BCUT2D eigenvalue weighted by Crippen LogP contribution is -2.27. The maximum atomic E-state index is 13.0. The molecule has 6 nitrogen and oxygen atoms in total. The fraction of sp³-hybridized carbons (Fsp3) is 0.318. The Hall–Kier alpha value is -3.15. The molecule has 2 aromatic rings. The third-order valence-electron chi connectivity index (χ3n) is 5.63. The smallest absolute Gasteiger partial charge is 0.231 e. The number of anilines is 1. The highest BCUT2D eigenvalue weighted by molar-refractivity contribution is 6.01. The fourth-order valence-corrected chi connectivity index (χ4v) is 4.34. The number of Topliss-reactive ketones (excluding diaryl/α,β-unsaturated/α-hetero) is 1. The van der Waals surface area contributed by atoms with Gasteiger partial charge in [0.05, 0.1) is 14.2 Å². The number of ether oxygens (including phenoxy) is 4. The number of hydrogen-bond donors (Lipinski definition) is 1. The minimum atomic E-state index is -0.251. The molecule has 1 atom stereocenters. The van der Waals surface area contributed by atoms with Gasteiger partial charge in [0.15, 0.2) is 17.3 Å². The first-order valence-corrected chi connectivity index (χ1v) is 9.38. The molecule has 1 aliphatic carbocycles. The SMILES string of the molecule is COc1ccc(OC)c(C2C3=C(CCCC3=O)Nc3cc4c(cc32)OCO4)c1. The van der Waals surface area contributed by atoms with Crippen LogP contribution in [0.2, 0.25) is 0 Å². The molecule has 0 aromatic heterocycles. The number of hydrogen-bond acceptors (Lipinski definition) is 6. The van der Waals surface area contributed by atoms with E-state index in [0.717, 1.165) is 52.4 Å². The van der Waals surface area contributed by atoms with Crippen LogP contribution in [-0.2, 0) is 4.79 Å². The molecule has 0 radical (unpaired) electrons. The molecule has 144 valence electrons. The van der Waals surface area contributed by atoms with Crippen LogP contribution in [0.25, 0.3) is 0 Å². The molecule has 28 heavy (non-hydrogen) atoms. The Morgan fingerprint density at radius 2 is 1.82 bits per heavy atom. The van der Waals surface area contributed by atoms with Gasteiger partial charge in [0, 0.05) is 40.9 Å². The predicted octanol–water partition coefficient (Wildman–Crippen LogP) is 4.00. The summed E-state index contributed by atoms with van der Waals surface area (Å²) >= 11 is 0. The number of rotatable bonds is 3. The fourth-order valence-electron chi connectivity index (χ4n) is 4.34. The molecule has 2 aliphatic heterocycles. The van der Waals surface area contributed by atoms with Crippen LogP contribution in [0.3, 0.4) is 0 Å². The molecule has 5 rings (SSSR count). The molecule has 2 heterocycles. The van der Waals surface area contributed by atoms with Crippen molar-refractivity contribution in [2.24, 2.45) is 0 Å². The highest BCUT2D eigenvalue weighted by Crippen LogP contribution is 2.51. The molecular weight excluding hydrogens is 358 g/mol. The van der Waals surface area contributed by atoms with E-state index in [9.17, 15) is 4.79 Å². The topological polar surface area (TPSA) is 66.0 Å². The summed E-state index contributed by atoms with van der Waals surface area (Å²) in [5, 5.41) is 3.48. The molecular formula is C22H21NO5. The lowest BCUT2D eigenvalue weighted by atomic mass is 9.75. The monoisotopic (exact) mass is 379 g/mol. The van der Waals surface area contributed by atoms with Crippen LogP contribution in [0.5, 0.6) is 23.0 Å². The van der Waals surface area contributed by atoms with Crippen molar-refractivity contribution in [3.05, 3.63) is 52.7 Å². The molecule has 0 saturated carbocycles. The van der Waals surface area contributed by atoms with E-state index in [4.69, 9.17) is 18.9 Å². The van der Waals surface area contributed by atoms with E-state index in [-0.39, 0.29) is 18.5 Å². The number of ketones is 1. The Labute approximate surface area is 163 Å². The highest BCUT2D eigenvalue weighted by atomic mass is 16.7. The number of fused-ring (bicyclic) bond motifs is 2. The summed E-state index contributed by atoms with van der Waals surface area (Å²) in [5.74, 6) is 2.78. The summed E-state index contributed by atoms with van der Waals surface area (Å²) in [7, 11) is 3.28. The second kappa shape index (κ2) is 6.48. The summed E-state index contributed by atoms with van der Waals surface area (Å²) in [6, 6.07) is 9.63. The van der Waals surface area contributed by atoms with Crippen molar-refractivity contribution < 1.29 is 23.7 Å². The van der Waals surface area contributed by atoms with Crippen LogP contribution >= 0.6 is 0 Å². The van der Waals surface area contributed by atoms with Crippen molar-refractivity contribution in [1.29, 1.82) is 0 Å². The molecule has 1 unspecified atom stereocenters. The first-order valence-electron chi connectivity index (χ1n) is 9.38. The molecule has 0 amide bonds. The second-order valence-electron chi connectivity index (χ2n) is 7.13. The third kappa shape index (κ3) is 2.52. The molecule has 3 aliphatic rings. The van der Waals surface area contributed by atoms with E-state index < -0.39 is 0 Å². The lowest BCUT2D eigenvalue weighted by Gasteiger charge is -2.34. The van der Waals surface area contributed by atoms with Crippen molar-refractivity contribution in [1.82, 2.24) is 0 Å². The molecule has 1 N–H and O–H groups in total. The van der Waals surface area contributed by atoms with Crippen molar-refractivity contribution in [2.45, 2.75) is 25.2 Å². The van der Waals surface area contributed by atoms with Gasteiger partial charge in [0.25, 0.3) is 0 Å². The lowest BCUT2D eigenvalue weighted by molar-refractivity contribution is -0.116. The Kier molecular flexibility index (Phi) is 3.93. The number of allylic oxidation sites excluding steroid dienone is 2. The van der Waals surface area contributed by atoms with Crippen LogP contribution in [-0.4, -0.2) is 26.8 Å². The number of methoxy groups -OCH3 is 2. The minimum absolute atomic E-state index is 0.173. The maximum Gasteiger partial charge on any atom is 0.231 e. The summed E-state index contributed by atoms with van der Waals surface area (Å²) < 4.78 is 22.3. The van der Waals surface area contributed by atoms with Crippen molar-refractivity contribution in [3.8, 4) is 23.0 Å². The molecule has 0 saturated heterocycles. The van der Waals surface area contributed by atoms with Crippen LogP contribution in [0.4, 0.5) is 5.69 Å². The number of carbonyl (C=O) groups excluding carboxylic acids is 1. The van der Waals surface area contributed by atoms with E-state index in [1.165, 1.54) is 0 Å². The van der Waals surface area contributed by atoms with Gasteiger partial charge in [-0.1, -0.05) is 0 Å². The van der Waals surface area contributed by atoms with Crippen LogP contribution < -0.4 is 24.3 Å². The van der Waals surface area contributed by atoms with Gasteiger partial charge >= 0.3 is 0 Å². The molecule has 0 bridgehead atoms. The van der Waals surface area contributed by atoms with Crippen molar-refractivity contribution in [2.75, 3.05) is 26.3 Å². The van der Waals surface area contributed by atoms with Gasteiger partial charge < -0.3 is 24.3 Å². The summed E-state index contributed by atoms with van der Waals surface area (Å²) in [6.07, 6.45) is 2.26. The molecule has 0 spiro atoms. The van der Waals surface area contributed by atoms with E-state index in [1.54, 1.807) is 14.2 Å². The average molecular weight is 379 g/mol. The van der Waals surface area contributed by atoms with Gasteiger partial charge in [-0.25, -0.2) is 0 Å². The van der Waals surface area contributed by atoms with Crippen LogP contribution in [0.1, 0.15) is 36.3 Å². The minimum Gasteiger partial charge on any atom is -0.497 e. The van der Waals surface area contributed by atoms with Gasteiger partial charge in [0.1, 0.15) is 11.5 Å². The summed E-state index contributed by atoms with van der Waals surface area (Å²) in [6.45, 7) is 0.206. The Balaban J connectivity index is 1.77. The first-order chi connectivity index (χ1) is 13.7. The number of nitrogens with one attached hydrogen (secondary N) is 1. The molecule has 0 fully saturated rings. The first kappa shape index (κ1) is 17.0. The predicted molar refractivity (Wildman–Crippen MR) is 103 cm³/mol. The average Bonchev–Trinajstić information content (AvgIpc) is 3.17. The third-order valence-corrected chi connectivity index (χ3v) is 5.63. The Morgan fingerprint density at radius 3 is 2.61 bits per heavy atom. The second-order valence-corrected chi connectivity index (χ2v) is 7.13. The van der Waals surface area contributed by atoms with Gasteiger partial charge in [-0.05, 0) is 42.7 Å². The maximum absolute atomic E-state index is 13.0. The normalized spacial score (nSPS) is 19.6. The van der Waals surface area contributed by atoms with Gasteiger partial charge in [-0.2, -0.15) is 0 Å². The quantitative estimate of drug-likeness (QED) is 0.870. The summed E-state index contributed by atoms with van der Waals surface area (Å²) in [4.78, 5) is 13.0. The van der Waals surface area contributed by atoms with Gasteiger partial charge in [0.2, 0.25) is 6.79 Å². The number of carbonyl (C=O) groups is 1. The van der Waals surface area contributed by atoms with Crippen molar-refractivity contribution in [3.63, 3.8) is 0 Å². The number of benzene rings is 2. The molecule has 6 heteroatoms. The van der Waals surface area contributed by atoms with E-state index in [0.29, 0.717) is 17.9 Å². The summed E-state index contributed by atoms with van der Waals surface area (Å²) in [5.41, 5.74) is 4.62. The largest absolute Gasteiger partial charge is 0.497 e. The van der Waals surface area contributed by atoms with Crippen LogP contribution in [0.15, 0.2) is 41.6 Å². The van der Waals surface area contributed by atoms with Gasteiger partial charge in [-0.15, -0.1) is 0 Å². The van der Waals surface area contributed by atoms with E-state index >= 15 is 0 Å². The zero-order chi connectivity index (χ0) is 19.3. The molecule has 2 aromatic carbocycles. The van der Waals surface area contributed by atoms with Crippen molar-refractivity contribution >= 4 is 11.5 Å². The standard InChI is InChI=1S/C22H21NO5/c1-25-12-6-7-18(26-2)14(8-12)21-13-9-19-20(28-11-27-19)10-16(13)23-15-4-3-5-17(24)22(15)21/h6-10,21,23H,3-5,11H2,1-2H3. The highest BCUT2D eigenvalue weighted by Gasteiger charge is 2.38. The zero-order valence-corrected chi connectivity index (χ0v) is 15.8. The zero-order valence-electron chi connectivity index (χ0n) is 15.8. The Morgan fingerprint density at radius 1 is 1.00 bits per heavy atom. The Bertz CT molecular complexity index is 1010. The van der Waals surface area contributed by atoms with E-state index in [1.807, 2.05) is 30.3 Å². The van der Waals surface area contributed by atoms with E-state index in [2.05, 4.69) is 5.32 Å².